The number of likely N-dealkylation sites (tertiary alicyclic amines) is 1. The number of aromatic nitrogens is 2. The molecule has 0 spiro atoms. The number of fused-ring (bicyclic) bond motifs is 1. The molecule has 0 bridgehead atoms. The number of piperidine rings is 1. The lowest BCUT2D eigenvalue weighted by atomic mass is 9.75. The highest BCUT2D eigenvalue weighted by atomic mass is 32.2. The van der Waals surface area contributed by atoms with Crippen LogP contribution in [0.25, 0.3) is 11.3 Å². The van der Waals surface area contributed by atoms with Crippen molar-refractivity contribution in [3.8, 4) is 17.0 Å². The molecule has 0 unspecified atom stereocenters. The summed E-state index contributed by atoms with van der Waals surface area (Å²) in [5, 5.41) is 7.28. The van der Waals surface area contributed by atoms with Gasteiger partial charge in [-0.3, -0.25) is 14.4 Å². The van der Waals surface area contributed by atoms with E-state index in [0.29, 0.717) is 26.1 Å². The van der Waals surface area contributed by atoms with Crippen LogP contribution in [0, 0.1) is 11.3 Å². The fraction of sp³-hybridized carbons (Fsp3) is 0.550. The summed E-state index contributed by atoms with van der Waals surface area (Å²) in [5.41, 5.74) is 2.38. The average Bonchev–Trinajstić information content (AvgIpc) is 3.31. The molecule has 9 heteroatoms. The summed E-state index contributed by atoms with van der Waals surface area (Å²) < 4.78 is 44.8. The molecule has 7 nitrogen and oxygen atoms in total. The summed E-state index contributed by atoms with van der Waals surface area (Å²) in [6.07, 6.45) is 3.72. The molecular weight excluding hydrogens is 395 g/mol. The number of rotatable bonds is 6. The number of hydrogen-bond donors (Lipinski definition) is 1. The predicted molar refractivity (Wildman–Crippen MR) is 109 cm³/mol. The minimum absolute atomic E-state index is 0.168. The van der Waals surface area contributed by atoms with Crippen LogP contribution in [0.15, 0.2) is 30.5 Å². The largest absolute Gasteiger partial charge is 0.497 e. The molecule has 2 aliphatic heterocycles. The standard InChI is InChI=1S/C20H27FN4O3S/c1-28-18-5-3-15(4-6-18)19-16(9-22-23-19)10-24-11-17-7-8-25(29(2,26)27)14-20(17,12-21)13-24/h3-6,9,17H,7-8,10-14H2,1-2H3,(H,22,23)/t17-,20-/m0/s1. The number of hydrogen-bond acceptors (Lipinski definition) is 5. The number of H-pyrrole nitrogens is 1. The Hall–Kier alpha value is -1.97. The van der Waals surface area contributed by atoms with Crippen LogP contribution in [0.2, 0.25) is 0 Å². The van der Waals surface area contributed by atoms with Gasteiger partial charge in [-0.2, -0.15) is 5.10 Å². The molecule has 158 valence electrons. The van der Waals surface area contributed by atoms with Gasteiger partial charge in [-0.15, -0.1) is 0 Å². The SMILES string of the molecule is COc1ccc(-c2[nH]ncc2CN2C[C@@H]3CCN(S(C)(=O)=O)C[C@]3(CF)C2)cc1. The second-order valence-electron chi connectivity index (χ2n) is 8.25. The van der Waals surface area contributed by atoms with Crippen LogP contribution in [0.1, 0.15) is 12.0 Å². The Morgan fingerprint density at radius 2 is 2.07 bits per heavy atom. The van der Waals surface area contributed by atoms with Crippen molar-refractivity contribution in [1.82, 2.24) is 19.4 Å². The molecule has 1 aromatic carbocycles. The van der Waals surface area contributed by atoms with Gasteiger partial charge in [0.05, 0.1) is 31.9 Å². The van der Waals surface area contributed by atoms with Crippen LogP contribution in [0.4, 0.5) is 4.39 Å². The van der Waals surface area contributed by atoms with Gasteiger partial charge in [-0.25, -0.2) is 12.7 Å². The maximum atomic E-state index is 14.2. The molecule has 2 fully saturated rings. The van der Waals surface area contributed by atoms with Gasteiger partial charge in [0.1, 0.15) is 5.75 Å². The van der Waals surface area contributed by atoms with Crippen molar-refractivity contribution in [2.75, 3.05) is 46.2 Å². The Balaban J connectivity index is 1.51. The third-order valence-electron chi connectivity index (χ3n) is 6.33. The molecule has 2 atom stereocenters. The number of halogens is 1. The average molecular weight is 423 g/mol. The zero-order chi connectivity index (χ0) is 20.6. The van der Waals surface area contributed by atoms with Crippen LogP contribution in [-0.2, 0) is 16.6 Å². The third kappa shape index (κ3) is 3.91. The van der Waals surface area contributed by atoms with Crippen LogP contribution in [0.3, 0.4) is 0 Å². The summed E-state index contributed by atoms with van der Waals surface area (Å²) in [5.74, 6) is 0.959. The number of ether oxygens (including phenoxy) is 1. The van der Waals surface area contributed by atoms with E-state index in [1.54, 1.807) is 7.11 Å². The summed E-state index contributed by atoms with van der Waals surface area (Å²) in [6, 6.07) is 7.77. The zero-order valence-electron chi connectivity index (χ0n) is 16.8. The number of nitrogens with zero attached hydrogens (tertiary/aromatic N) is 3. The molecule has 1 N–H and O–H groups in total. The van der Waals surface area contributed by atoms with Crippen LogP contribution in [-0.4, -0.2) is 74.0 Å². The van der Waals surface area contributed by atoms with Crippen molar-refractivity contribution >= 4 is 10.0 Å². The van der Waals surface area contributed by atoms with Gasteiger partial charge in [-0.1, -0.05) is 0 Å². The minimum Gasteiger partial charge on any atom is -0.497 e. The van der Waals surface area contributed by atoms with Gasteiger partial charge in [0, 0.05) is 49.3 Å². The van der Waals surface area contributed by atoms with E-state index in [4.69, 9.17) is 4.74 Å². The normalized spacial score (nSPS) is 25.8. The van der Waals surface area contributed by atoms with Gasteiger partial charge < -0.3 is 4.74 Å². The number of methoxy groups -OCH3 is 1. The molecule has 0 saturated carbocycles. The molecule has 2 aliphatic rings. The van der Waals surface area contributed by atoms with Gasteiger partial charge in [0.25, 0.3) is 0 Å². The van der Waals surface area contributed by atoms with E-state index >= 15 is 0 Å². The number of sulfonamides is 1. The molecule has 0 amide bonds. The highest BCUT2D eigenvalue weighted by Crippen LogP contribution is 2.43. The number of alkyl halides is 1. The first-order valence-corrected chi connectivity index (χ1v) is 11.6. The maximum absolute atomic E-state index is 14.2. The molecule has 2 aromatic rings. The molecular formula is C20H27FN4O3S. The van der Waals surface area contributed by atoms with E-state index in [1.165, 1.54) is 10.6 Å². The van der Waals surface area contributed by atoms with Gasteiger partial charge in [0.15, 0.2) is 0 Å². The Morgan fingerprint density at radius 1 is 1.31 bits per heavy atom. The first-order valence-electron chi connectivity index (χ1n) is 9.75. The number of benzene rings is 1. The number of nitrogens with one attached hydrogen (secondary N) is 1. The van der Waals surface area contributed by atoms with Crippen LogP contribution in [0.5, 0.6) is 5.75 Å². The minimum atomic E-state index is -3.31. The molecule has 29 heavy (non-hydrogen) atoms. The Labute approximate surface area is 170 Å². The monoisotopic (exact) mass is 422 g/mol. The van der Waals surface area contributed by atoms with Crippen LogP contribution >= 0.6 is 0 Å². The van der Waals surface area contributed by atoms with E-state index in [2.05, 4.69) is 15.1 Å². The number of aromatic amines is 1. The highest BCUT2D eigenvalue weighted by Gasteiger charge is 2.51. The fourth-order valence-electron chi connectivity index (χ4n) is 4.73. The quantitative estimate of drug-likeness (QED) is 0.772. The Kier molecular flexibility index (Phi) is 5.39. The Bertz CT molecular complexity index is 962. The molecule has 4 rings (SSSR count). The summed E-state index contributed by atoms with van der Waals surface area (Å²) in [7, 11) is -1.67. The van der Waals surface area contributed by atoms with E-state index in [1.807, 2.05) is 30.5 Å². The molecule has 3 heterocycles. The highest BCUT2D eigenvalue weighted by molar-refractivity contribution is 7.88. The Morgan fingerprint density at radius 3 is 2.72 bits per heavy atom. The van der Waals surface area contributed by atoms with Crippen LogP contribution < -0.4 is 4.74 Å². The van der Waals surface area contributed by atoms with E-state index in [9.17, 15) is 12.8 Å². The van der Waals surface area contributed by atoms with E-state index in [-0.39, 0.29) is 12.5 Å². The van der Waals surface area contributed by atoms with Crippen molar-refractivity contribution in [2.45, 2.75) is 13.0 Å². The topological polar surface area (TPSA) is 78.5 Å². The second kappa shape index (κ2) is 7.70. The van der Waals surface area contributed by atoms with Crippen molar-refractivity contribution in [3.05, 3.63) is 36.0 Å². The van der Waals surface area contributed by atoms with Crippen molar-refractivity contribution in [3.63, 3.8) is 0 Å². The lowest BCUT2D eigenvalue weighted by Gasteiger charge is -2.41. The van der Waals surface area contributed by atoms with Crippen molar-refractivity contribution < 1.29 is 17.5 Å². The first kappa shape index (κ1) is 20.3. The predicted octanol–water partition coefficient (Wildman–Crippen LogP) is 2.14. The molecule has 1 aromatic heterocycles. The third-order valence-corrected chi connectivity index (χ3v) is 7.58. The first-order chi connectivity index (χ1) is 13.8. The lowest BCUT2D eigenvalue weighted by Crippen LogP contribution is -2.51. The molecule has 0 aliphatic carbocycles. The smallest absolute Gasteiger partial charge is 0.211 e. The van der Waals surface area contributed by atoms with Gasteiger partial charge >= 0.3 is 0 Å². The fourth-order valence-corrected chi connectivity index (χ4v) is 5.66. The lowest BCUT2D eigenvalue weighted by molar-refractivity contribution is 0.0791. The molecule has 0 radical (unpaired) electrons. The van der Waals surface area contributed by atoms with E-state index in [0.717, 1.165) is 29.1 Å². The van der Waals surface area contributed by atoms with Crippen molar-refractivity contribution in [2.24, 2.45) is 11.3 Å². The summed E-state index contributed by atoms with van der Waals surface area (Å²) in [4.78, 5) is 2.23. The van der Waals surface area contributed by atoms with Crippen molar-refractivity contribution in [1.29, 1.82) is 0 Å². The maximum Gasteiger partial charge on any atom is 0.211 e. The van der Waals surface area contributed by atoms with Gasteiger partial charge in [-0.05, 0) is 36.6 Å². The zero-order valence-corrected chi connectivity index (χ0v) is 17.6. The molecule has 2 saturated heterocycles. The van der Waals surface area contributed by atoms with Gasteiger partial charge in [0.2, 0.25) is 10.0 Å². The second-order valence-corrected chi connectivity index (χ2v) is 10.2. The summed E-state index contributed by atoms with van der Waals surface area (Å²) >= 11 is 0. The summed E-state index contributed by atoms with van der Waals surface area (Å²) in [6.45, 7) is 2.20. The van der Waals surface area contributed by atoms with E-state index < -0.39 is 22.1 Å².